The van der Waals surface area contributed by atoms with E-state index in [0.29, 0.717) is 5.75 Å². The van der Waals surface area contributed by atoms with E-state index in [-0.39, 0.29) is 11.4 Å². The molecule has 0 aliphatic heterocycles. The van der Waals surface area contributed by atoms with Crippen molar-refractivity contribution in [1.82, 2.24) is 10.6 Å². The molecule has 0 saturated heterocycles. The Morgan fingerprint density at radius 2 is 2.05 bits per heavy atom. The molecule has 0 atom stereocenters. The van der Waals surface area contributed by atoms with Crippen LogP contribution < -0.4 is 10.6 Å². The van der Waals surface area contributed by atoms with E-state index in [1.807, 2.05) is 19.9 Å². The average Bonchev–Trinajstić information content (AvgIpc) is 2.43. The van der Waals surface area contributed by atoms with Crippen LogP contribution >= 0.6 is 11.8 Å². The van der Waals surface area contributed by atoms with Gasteiger partial charge in [0.2, 0.25) is 5.91 Å². The first-order chi connectivity index (χ1) is 9.46. The van der Waals surface area contributed by atoms with Crippen LogP contribution in [0.15, 0.2) is 29.2 Å². The Kier molecular flexibility index (Phi) is 7.10. The minimum atomic E-state index is -0.120. The van der Waals surface area contributed by atoms with Crippen molar-refractivity contribution in [2.45, 2.75) is 51.1 Å². The lowest BCUT2D eigenvalue weighted by Crippen LogP contribution is -2.43. The Morgan fingerprint density at radius 1 is 1.30 bits per heavy atom. The van der Waals surface area contributed by atoms with Crippen molar-refractivity contribution in [1.29, 1.82) is 0 Å². The molecule has 0 radical (unpaired) electrons. The van der Waals surface area contributed by atoms with Crippen LogP contribution in [0.4, 0.5) is 0 Å². The van der Waals surface area contributed by atoms with Crippen molar-refractivity contribution in [3.63, 3.8) is 0 Å². The predicted octanol–water partition coefficient (Wildman–Crippen LogP) is 3.19. The third-order valence-electron chi connectivity index (χ3n) is 3.21. The Labute approximate surface area is 126 Å². The Bertz CT molecular complexity index is 432. The van der Waals surface area contributed by atoms with Gasteiger partial charge in [-0.15, -0.1) is 11.8 Å². The highest BCUT2D eigenvalue weighted by Gasteiger charge is 2.17. The normalized spacial score (nSPS) is 11.4. The minimum Gasteiger partial charge on any atom is -0.351 e. The third kappa shape index (κ3) is 6.44. The number of hydrogen-bond donors (Lipinski definition) is 2. The quantitative estimate of drug-likeness (QED) is 0.724. The molecule has 112 valence electrons. The van der Waals surface area contributed by atoms with E-state index >= 15 is 0 Å². The molecule has 0 aliphatic carbocycles. The second kappa shape index (κ2) is 8.32. The molecule has 0 spiro atoms. The zero-order valence-electron chi connectivity index (χ0n) is 13.0. The van der Waals surface area contributed by atoms with Crippen LogP contribution in [0.5, 0.6) is 0 Å². The summed E-state index contributed by atoms with van der Waals surface area (Å²) in [5.41, 5.74) is 1.14. The number of benzene rings is 1. The van der Waals surface area contributed by atoms with Crippen LogP contribution in [0.25, 0.3) is 0 Å². The lowest BCUT2D eigenvalue weighted by Gasteiger charge is -2.24. The van der Waals surface area contributed by atoms with Crippen LogP contribution in [0, 0.1) is 0 Å². The molecular weight excluding hydrogens is 268 g/mol. The summed E-state index contributed by atoms with van der Waals surface area (Å²) in [6.07, 6.45) is 0.932. The maximum atomic E-state index is 11.9. The van der Waals surface area contributed by atoms with Gasteiger partial charge in [0, 0.05) is 17.0 Å². The van der Waals surface area contributed by atoms with Crippen LogP contribution in [-0.2, 0) is 11.3 Å². The summed E-state index contributed by atoms with van der Waals surface area (Å²) in [6, 6.07) is 8.35. The van der Waals surface area contributed by atoms with Gasteiger partial charge in [0.25, 0.3) is 0 Å². The highest BCUT2D eigenvalue weighted by atomic mass is 32.2. The summed E-state index contributed by atoms with van der Waals surface area (Å²) in [7, 11) is 0. The van der Waals surface area contributed by atoms with Crippen molar-refractivity contribution >= 4 is 17.7 Å². The summed E-state index contributed by atoms with van der Waals surface area (Å²) in [4.78, 5) is 13.0. The SMILES string of the molecule is CCNCc1cccc(SCC(=O)NC(C)(C)CC)c1. The Balaban J connectivity index is 2.47. The average molecular weight is 294 g/mol. The van der Waals surface area contributed by atoms with Gasteiger partial charge in [0.15, 0.2) is 0 Å². The standard InChI is InChI=1S/C16H26N2OS/c1-5-16(3,4)18-15(19)12-20-14-9-7-8-13(10-14)11-17-6-2/h7-10,17H,5-6,11-12H2,1-4H3,(H,18,19). The molecule has 0 heterocycles. The molecule has 0 aliphatic rings. The number of amides is 1. The van der Waals surface area contributed by atoms with Crippen molar-refractivity contribution in [2.24, 2.45) is 0 Å². The second-order valence-corrected chi connectivity index (χ2v) is 6.55. The summed E-state index contributed by atoms with van der Waals surface area (Å²) >= 11 is 1.59. The molecule has 2 N–H and O–H groups in total. The molecule has 4 heteroatoms. The van der Waals surface area contributed by atoms with Gasteiger partial charge in [0.1, 0.15) is 0 Å². The lowest BCUT2D eigenvalue weighted by atomic mass is 10.0. The largest absolute Gasteiger partial charge is 0.351 e. The topological polar surface area (TPSA) is 41.1 Å². The van der Waals surface area contributed by atoms with Gasteiger partial charge in [0.05, 0.1) is 5.75 Å². The first-order valence-corrected chi connectivity index (χ1v) is 8.19. The lowest BCUT2D eigenvalue weighted by molar-refractivity contribution is -0.120. The van der Waals surface area contributed by atoms with Gasteiger partial charge in [-0.2, -0.15) is 0 Å². The van der Waals surface area contributed by atoms with E-state index < -0.39 is 0 Å². The van der Waals surface area contributed by atoms with Gasteiger partial charge in [-0.25, -0.2) is 0 Å². The molecule has 0 saturated carbocycles. The highest BCUT2D eigenvalue weighted by molar-refractivity contribution is 8.00. The number of hydrogen-bond acceptors (Lipinski definition) is 3. The van der Waals surface area contributed by atoms with Gasteiger partial charge < -0.3 is 10.6 Å². The molecule has 20 heavy (non-hydrogen) atoms. The van der Waals surface area contributed by atoms with Gasteiger partial charge in [-0.3, -0.25) is 4.79 Å². The molecule has 3 nitrogen and oxygen atoms in total. The fourth-order valence-electron chi connectivity index (χ4n) is 1.67. The van der Waals surface area contributed by atoms with Gasteiger partial charge >= 0.3 is 0 Å². The van der Waals surface area contributed by atoms with E-state index in [1.54, 1.807) is 11.8 Å². The van der Waals surface area contributed by atoms with Crippen molar-refractivity contribution in [2.75, 3.05) is 12.3 Å². The van der Waals surface area contributed by atoms with E-state index in [4.69, 9.17) is 0 Å². The fraction of sp³-hybridized carbons (Fsp3) is 0.562. The van der Waals surface area contributed by atoms with E-state index in [2.05, 4.69) is 42.7 Å². The molecule has 1 aromatic rings. The molecule has 0 aromatic heterocycles. The summed E-state index contributed by atoms with van der Waals surface area (Å²) in [5, 5.41) is 6.36. The maximum absolute atomic E-state index is 11.9. The maximum Gasteiger partial charge on any atom is 0.230 e. The zero-order valence-corrected chi connectivity index (χ0v) is 13.8. The second-order valence-electron chi connectivity index (χ2n) is 5.50. The monoisotopic (exact) mass is 294 g/mol. The molecule has 1 rings (SSSR count). The molecule has 0 unspecified atom stereocenters. The highest BCUT2D eigenvalue weighted by Crippen LogP contribution is 2.19. The first kappa shape index (κ1) is 17.1. The van der Waals surface area contributed by atoms with Crippen LogP contribution in [0.2, 0.25) is 0 Å². The Hall–Kier alpha value is -1.00. The van der Waals surface area contributed by atoms with Crippen LogP contribution in [0.1, 0.15) is 39.7 Å². The summed E-state index contributed by atoms with van der Waals surface area (Å²) < 4.78 is 0. The Morgan fingerprint density at radius 3 is 2.70 bits per heavy atom. The van der Waals surface area contributed by atoms with Crippen LogP contribution in [-0.4, -0.2) is 23.7 Å². The third-order valence-corrected chi connectivity index (χ3v) is 4.20. The smallest absolute Gasteiger partial charge is 0.230 e. The summed E-state index contributed by atoms with van der Waals surface area (Å²) in [6.45, 7) is 10.1. The molecule has 0 bridgehead atoms. The molecule has 1 aromatic carbocycles. The molecular formula is C16H26N2OS. The molecule has 1 amide bonds. The number of nitrogens with one attached hydrogen (secondary N) is 2. The fourth-order valence-corrected chi connectivity index (χ4v) is 2.44. The summed E-state index contributed by atoms with van der Waals surface area (Å²) in [5.74, 6) is 0.563. The number of thioether (sulfide) groups is 1. The molecule has 0 fully saturated rings. The van der Waals surface area contributed by atoms with Gasteiger partial charge in [-0.1, -0.05) is 26.0 Å². The number of carbonyl (C=O) groups is 1. The van der Waals surface area contributed by atoms with E-state index in [9.17, 15) is 4.79 Å². The number of rotatable bonds is 8. The van der Waals surface area contributed by atoms with Crippen molar-refractivity contribution in [3.05, 3.63) is 29.8 Å². The predicted molar refractivity (Wildman–Crippen MR) is 87.1 cm³/mol. The number of carbonyl (C=O) groups excluding carboxylic acids is 1. The minimum absolute atomic E-state index is 0.0962. The van der Waals surface area contributed by atoms with E-state index in [0.717, 1.165) is 24.4 Å². The van der Waals surface area contributed by atoms with Gasteiger partial charge in [-0.05, 0) is 44.5 Å². The van der Waals surface area contributed by atoms with Crippen molar-refractivity contribution < 1.29 is 4.79 Å². The van der Waals surface area contributed by atoms with Crippen molar-refractivity contribution in [3.8, 4) is 0 Å². The van der Waals surface area contributed by atoms with Crippen LogP contribution in [0.3, 0.4) is 0 Å². The first-order valence-electron chi connectivity index (χ1n) is 7.20. The zero-order chi connectivity index (χ0) is 15.0. The van der Waals surface area contributed by atoms with E-state index in [1.165, 1.54) is 5.56 Å².